The topological polar surface area (TPSA) is 135 Å². The van der Waals surface area contributed by atoms with Gasteiger partial charge in [0.1, 0.15) is 17.2 Å². The van der Waals surface area contributed by atoms with Crippen LogP contribution in [0.25, 0.3) is 10.4 Å². The predicted octanol–water partition coefficient (Wildman–Crippen LogP) is 6.73. The maximum Gasteiger partial charge on any atom is 0.407 e. The molecule has 1 N–H and O–H groups in total. The molecule has 0 saturated carbocycles. The van der Waals surface area contributed by atoms with E-state index in [4.69, 9.17) is 29.2 Å². The second-order valence-corrected chi connectivity index (χ2v) is 10.5. The summed E-state index contributed by atoms with van der Waals surface area (Å²) in [7, 11) is 1.65. The van der Waals surface area contributed by atoms with E-state index in [2.05, 4.69) is 10.0 Å². The van der Waals surface area contributed by atoms with E-state index in [1.165, 1.54) is 4.90 Å². The van der Waals surface area contributed by atoms with Crippen LogP contribution in [0.4, 0.5) is 4.79 Å². The maximum absolute atomic E-state index is 11.8. The quantitative estimate of drug-likeness (QED) is 0.0829. The number of amides is 1. The first-order valence-electron chi connectivity index (χ1n) is 14.7. The zero-order chi connectivity index (χ0) is 31.1. The van der Waals surface area contributed by atoms with Crippen LogP contribution in [0.3, 0.4) is 0 Å². The fraction of sp³-hybridized carbons (Fsp3) is 0.424. The van der Waals surface area contributed by atoms with Gasteiger partial charge in [0.05, 0.1) is 59.3 Å². The van der Waals surface area contributed by atoms with E-state index in [-0.39, 0.29) is 31.7 Å². The summed E-state index contributed by atoms with van der Waals surface area (Å²) >= 11 is 0. The van der Waals surface area contributed by atoms with E-state index >= 15 is 0 Å². The van der Waals surface area contributed by atoms with Gasteiger partial charge in [-0.25, -0.2) is 4.79 Å². The van der Waals surface area contributed by atoms with Crippen LogP contribution in [0.1, 0.15) is 41.0 Å². The number of para-hydroxylation sites is 1. The second kappa shape index (κ2) is 17.0. The Kier molecular flexibility index (Phi) is 12.6. The van der Waals surface area contributed by atoms with Gasteiger partial charge in [-0.15, -0.1) is 0 Å². The average molecular weight is 605 g/mol. The molecule has 1 amide bonds. The molecular formula is C33H40N4O7. The van der Waals surface area contributed by atoms with Crippen molar-refractivity contribution in [3.05, 3.63) is 99.4 Å². The van der Waals surface area contributed by atoms with Gasteiger partial charge in [-0.3, -0.25) is 0 Å². The van der Waals surface area contributed by atoms with E-state index in [1.807, 2.05) is 73.7 Å². The van der Waals surface area contributed by atoms with Gasteiger partial charge in [-0.2, -0.15) is 0 Å². The number of likely N-dealkylation sites (tertiary alicyclic amines) is 1. The van der Waals surface area contributed by atoms with Crippen LogP contribution in [0.5, 0.6) is 17.2 Å². The van der Waals surface area contributed by atoms with Gasteiger partial charge < -0.3 is 33.7 Å². The van der Waals surface area contributed by atoms with E-state index in [9.17, 15) is 9.90 Å². The third-order valence-corrected chi connectivity index (χ3v) is 7.52. The van der Waals surface area contributed by atoms with Crippen molar-refractivity contribution < 1.29 is 33.6 Å². The highest BCUT2D eigenvalue weighted by Crippen LogP contribution is 2.33. The summed E-state index contributed by atoms with van der Waals surface area (Å²) in [5.74, 6) is 2.32. The first-order chi connectivity index (χ1) is 21.5. The average Bonchev–Trinajstić information content (AvgIpc) is 3.05. The highest BCUT2D eigenvalue weighted by atomic mass is 16.5. The maximum atomic E-state index is 11.8. The molecule has 3 aromatic carbocycles. The molecule has 0 bridgehead atoms. The third-order valence-electron chi connectivity index (χ3n) is 7.52. The second-order valence-electron chi connectivity index (χ2n) is 10.5. The van der Waals surface area contributed by atoms with Crippen LogP contribution in [-0.4, -0.2) is 68.8 Å². The number of carboxylic acid groups (broad SMARTS) is 1. The molecule has 44 heavy (non-hydrogen) atoms. The van der Waals surface area contributed by atoms with Crippen molar-refractivity contribution in [1.82, 2.24) is 4.90 Å². The number of piperidine rings is 1. The van der Waals surface area contributed by atoms with Crippen molar-refractivity contribution in [2.75, 3.05) is 46.6 Å². The lowest BCUT2D eigenvalue weighted by Crippen LogP contribution is -2.46. The Bertz CT molecular complexity index is 1400. The number of benzene rings is 3. The molecule has 11 heteroatoms. The lowest BCUT2D eigenvalue weighted by Gasteiger charge is -2.37. The first-order valence-corrected chi connectivity index (χ1v) is 14.7. The molecule has 3 aromatic rings. The molecule has 234 valence electrons. The molecule has 1 aliphatic rings. The molecule has 0 aromatic heterocycles. The molecule has 0 aliphatic carbocycles. The minimum absolute atomic E-state index is 0.0352. The van der Waals surface area contributed by atoms with Crippen LogP contribution >= 0.6 is 0 Å². The van der Waals surface area contributed by atoms with Crippen LogP contribution < -0.4 is 14.2 Å². The summed E-state index contributed by atoms with van der Waals surface area (Å²) in [4.78, 5) is 15.9. The fourth-order valence-corrected chi connectivity index (χ4v) is 5.14. The van der Waals surface area contributed by atoms with Gasteiger partial charge in [-0.1, -0.05) is 47.6 Å². The highest BCUT2D eigenvalue weighted by Gasteiger charge is 2.33. The van der Waals surface area contributed by atoms with Crippen LogP contribution in [0.15, 0.2) is 71.8 Å². The number of aryl methyl sites for hydroxylation is 1. The van der Waals surface area contributed by atoms with Crippen LogP contribution in [-0.2, 0) is 22.7 Å². The van der Waals surface area contributed by atoms with Crippen molar-refractivity contribution in [3.63, 3.8) is 0 Å². The lowest BCUT2D eigenvalue weighted by molar-refractivity contribution is -0.0200. The van der Waals surface area contributed by atoms with E-state index in [0.717, 1.165) is 40.2 Å². The molecule has 2 unspecified atom stereocenters. The minimum atomic E-state index is -0.946. The Hall–Kier alpha value is -4.44. The first kappa shape index (κ1) is 32.5. The van der Waals surface area contributed by atoms with Gasteiger partial charge >= 0.3 is 6.09 Å². The number of methoxy groups -OCH3 is 1. The van der Waals surface area contributed by atoms with Crippen molar-refractivity contribution in [1.29, 1.82) is 0 Å². The van der Waals surface area contributed by atoms with Crippen molar-refractivity contribution in [3.8, 4) is 17.2 Å². The van der Waals surface area contributed by atoms with Gasteiger partial charge in [0.2, 0.25) is 0 Å². The predicted molar refractivity (Wildman–Crippen MR) is 165 cm³/mol. The summed E-state index contributed by atoms with van der Waals surface area (Å²) in [6.45, 7) is 5.10. The largest absolute Gasteiger partial charge is 0.496 e. The molecule has 0 spiro atoms. The number of nitrogens with zero attached hydrogens (tertiary/aromatic N) is 4. The Labute approximate surface area is 257 Å². The van der Waals surface area contributed by atoms with E-state index in [1.54, 1.807) is 7.11 Å². The molecular weight excluding hydrogens is 564 g/mol. The Morgan fingerprint density at radius 3 is 2.61 bits per heavy atom. The van der Waals surface area contributed by atoms with Gasteiger partial charge in [0.15, 0.2) is 0 Å². The highest BCUT2D eigenvalue weighted by molar-refractivity contribution is 5.65. The Morgan fingerprint density at radius 1 is 1.02 bits per heavy atom. The van der Waals surface area contributed by atoms with Crippen LogP contribution in [0.2, 0.25) is 0 Å². The standard InChI is InChI=1S/C33H40N4O7/c1-24-8-9-25(20-31(24)43-19-15-35-36-34)22-44-32-21-37(33(38)39)16-14-29(32)26-10-12-28(13-11-26)42-18-5-17-41-23-27-6-3-4-7-30(27)40-2/h3-4,6-13,20,29,32H,5,14-19,21-23H2,1-2H3,(H,38,39). The molecule has 1 aliphatic heterocycles. The Balaban J connectivity index is 1.29. The smallest absolute Gasteiger partial charge is 0.407 e. The zero-order valence-electron chi connectivity index (χ0n) is 25.3. The summed E-state index contributed by atoms with van der Waals surface area (Å²) in [6, 6.07) is 21.6. The molecule has 0 radical (unpaired) electrons. The number of carbonyl (C=O) groups is 1. The molecule has 1 fully saturated rings. The minimum Gasteiger partial charge on any atom is -0.496 e. The molecule has 4 rings (SSSR count). The summed E-state index contributed by atoms with van der Waals surface area (Å²) in [6.07, 6.45) is 0.143. The Morgan fingerprint density at radius 2 is 1.84 bits per heavy atom. The lowest BCUT2D eigenvalue weighted by atomic mass is 9.87. The zero-order valence-corrected chi connectivity index (χ0v) is 25.3. The molecule has 1 heterocycles. The third kappa shape index (κ3) is 9.54. The summed E-state index contributed by atoms with van der Waals surface area (Å²) in [5, 5.41) is 13.1. The van der Waals surface area contributed by atoms with Crippen molar-refractivity contribution >= 4 is 6.09 Å². The van der Waals surface area contributed by atoms with Crippen molar-refractivity contribution in [2.24, 2.45) is 5.11 Å². The number of rotatable bonds is 16. The summed E-state index contributed by atoms with van der Waals surface area (Å²) in [5.41, 5.74) is 12.4. The fourth-order valence-electron chi connectivity index (χ4n) is 5.14. The number of azide groups is 1. The van der Waals surface area contributed by atoms with Gasteiger partial charge in [0.25, 0.3) is 0 Å². The number of hydrogen-bond donors (Lipinski definition) is 1. The van der Waals surface area contributed by atoms with Gasteiger partial charge in [0, 0.05) is 29.4 Å². The monoisotopic (exact) mass is 604 g/mol. The van der Waals surface area contributed by atoms with E-state index < -0.39 is 6.09 Å². The summed E-state index contributed by atoms with van der Waals surface area (Å²) < 4.78 is 29.2. The number of ether oxygens (including phenoxy) is 5. The van der Waals surface area contributed by atoms with Crippen LogP contribution in [0, 0.1) is 6.92 Å². The molecule has 2 atom stereocenters. The normalized spacial score (nSPS) is 16.2. The van der Waals surface area contributed by atoms with E-state index in [0.29, 0.717) is 45.1 Å². The van der Waals surface area contributed by atoms with Crippen molar-refractivity contribution in [2.45, 2.75) is 45.0 Å². The molecule has 11 nitrogen and oxygen atoms in total. The SMILES string of the molecule is COc1ccccc1COCCCOc1ccc(C2CCN(C(=O)O)CC2OCc2ccc(C)c(OCCN=[N+]=[N-])c2)cc1. The molecule has 1 saturated heterocycles. The van der Waals surface area contributed by atoms with Gasteiger partial charge in [-0.05, 0) is 59.8 Å². The number of hydrogen-bond acceptors (Lipinski definition) is 7.